The topological polar surface area (TPSA) is 63.4 Å². The Bertz CT molecular complexity index is 967. The first kappa shape index (κ1) is 18.5. The van der Waals surface area contributed by atoms with Crippen LogP contribution in [0, 0.1) is 0 Å². The standard InChI is InChI=1S/C21H16ClN3O2/c1-27-21(26)16-7-11-18(12-8-16)23-20(15-5-3-2-4-6-15)25-24-19-13-9-17(22)10-14-19/h2-14H,1H3. The predicted molar refractivity (Wildman–Crippen MR) is 106 cm³/mol. The van der Waals surface area contributed by atoms with Gasteiger partial charge in [-0.15, -0.1) is 10.2 Å². The normalized spacial score (nSPS) is 11.6. The van der Waals surface area contributed by atoms with Gasteiger partial charge in [0.05, 0.1) is 24.0 Å². The maximum absolute atomic E-state index is 11.6. The molecular formula is C21H16ClN3O2. The van der Waals surface area contributed by atoms with Crippen LogP contribution in [0.15, 0.2) is 94.1 Å². The lowest BCUT2D eigenvalue weighted by molar-refractivity contribution is 0.0601. The Morgan fingerprint density at radius 3 is 2.07 bits per heavy atom. The Morgan fingerprint density at radius 1 is 0.815 bits per heavy atom. The number of rotatable bonds is 4. The lowest BCUT2D eigenvalue weighted by Crippen LogP contribution is -2.00. The number of esters is 1. The molecule has 3 aromatic carbocycles. The molecule has 0 saturated heterocycles. The third kappa shape index (κ3) is 5.09. The fourth-order valence-electron chi connectivity index (χ4n) is 2.26. The Labute approximate surface area is 162 Å². The highest BCUT2D eigenvalue weighted by Crippen LogP contribution is 2.20. The highest BCUT2D eigenvalue weighted by molar-refractivity contribution is 6.30. The van der Waals surface area contributed by atoms with Crippen molar-refractivity contribution in [3.8, 4) is 0 Å². The van der Waals surface area contributed by atoms with Crippen molar-refractivity contribution < 1.29 is 9.53 Å². The molecule has 0 atom stereocenters. The molecule has 27 heavy (non-hydrogen) atoms. The third-order valence-electron chi connectivity index (χ3n) is 3.64. The second-order valence-corrected chi connectivity index (χ2v) is 5.95. The van der Waals surface area contributed by atoms with Crippen LogP contribution in [0.3, 0.4) is 0 Å². The van der Waals surface area contributed by atoms with Crippen LogP contribution < -0.4 is 0 Å². The fraction of sp³-hybridized carbons (Fsp3) is 0.0476. The number of ether oxygens (including phenoxy) is 1. The van der Waals surface area contributed by atoms with Crippen LogP contribution in [0.5, 0.6) is 0 Å². The van der Waals surface area contributed by atoms with Gasteiger partial charge in [0.2, 0.25) is 0 Å². The Balaban J connectivity index is 1.93. The molecule has 0 spiro atoms. The van der Waals surface area contributed by atoms with Gasteiger partial charge in [-0.1, -0.05) is 41.9 Å². The number of azo groups is 1. The molecule has 0 aromatic heterocycles. The summed E-state index contributed by atoms with van der Waals surface area (Å²) >= 11 is 5.89. The van der Waals surface area contributed by atoms with Crippen molar-refractivity contribution in [2.45, 2.75) is 0 Å². The molecule has 0 N–H and O–H groups in total. The summed E-state index contributed by atoms with van der Waals surface area (Å²) in [7, 11) is 1.35. The second-order valence-electron chi connectivity index (χ2n) is 5.52. The lowest BCUT2D eigenvalue weighted by Gasteiger charge is -2.02. The van der Waals surface area contributed by atoms with E-state index >= 15 is 0 Å². The monoisotopic (exact) mass is 377 g/mol. The Hall–Kier alpha value is -3.31. The quantitative estimate of drug-likeness (QED) is 0.242. The first-order valence-corrected chi connectivity index (χ1v) is 8.53. The molecule has 0 bridgehead atoms. The van der Waals surface area contributed by atoms with E-state index in [1.165, 1.54) is 7.11 Å². The van der Waals surface area contributed by atoms with Crippen molar-refractivity contribution in [3.63, 3.8) is 0 Å². The van der Waals surface area contributed by atoms with Gasteiger partial charge in [-0.25, -0.2) is 9.79 Å². The van der Waals surface area contributed by atoms with Gasteiger partial charge in [0.15, 0.2) is 5.84 Å². The van der Waals surface area contributed by atoms with E-state index in [2.05, 4.69) is 15.2 Å². The summed E-state index contributed by atoms with van der Waals surface area (Å²) in [5, 5.41) is 9.18. The van der Waals surface area contributed by atoms with Gasteiger partial charge in [0.25, 0.3) is 0 Å². The number of nitrogens with zero attached hydrogens (tertiary/aromatic N) is 3. The molecule has 3 rings (SSSR count). The zero-order chi connectivity index (χ0) is 19.1. The Kier molecular flexibility index (Phi) is 6.07. The van der Waals surface area contributed by atoms with Crippen molar-refractivity contribution in [3.05, 3.63) is 95.0 Å². The SMILES string of the molecule is COC(=O)c1ccc(N=C(N=Nc2ccc(Cl)cc2)c2ccccc2)cc1. The highest BCUT2D eigenvalue weighted by Gasteiger charge is 2.06. The van der Waals surface area contributed by atoms with E-state index in [1.807, 2.05) is 30.3 Å². The van der Waals surface area contributed by atoms with E-state index in [1.54, 1.807) is 48.5 Å². The summed E-state index contributed by atoms with van der Waals surface area (Å²) < 4.78 is 4.70. The minimum Gasteiger partial charge on any atom is -0.465 e. The Morgan fingerprint density at radius 2 is 1.44 bits per heavy atom. The van der Waals surface area contributed by atoms with Crippen molar-refractivity contribution in [1.82, 2.24) is 0 Å². The van der Waals surface area contributed by atoms with Crippen LogP contribution in [0.25, 0.3) is 0 Å². The van der Waals surface area contributed by atoms with Gasteiger partial charge in [-0.3, -0.25) is 0 Å². The van der Waals surface area contributed by atoms with Crippen LogP contribution in [0.4, 0.5) is 11.4 Å². The number of aliphatic imine (C=N–C) groups is 1. The first-order valence-electron chi connectivity index (χ1n) is 8.15. The van der Waals surface area contributed by atoms with Crippen molar-refractivity contribution in [2.75, 3.05) is 7.11 Å². The molecule has 0 radical (unpaired) electrons. The van der Waals surface area contributed by atoms with Crippen LogP contribution in [0.2, 0.25) is 5.02 Å². The third-order valence-corrected chi connectivity index (χ3v) is 3.89. The van der Waals surface area contributed by atoms with Gasteiger partial charge < -0.3 is 4.74 Å². The molecule has 0 heterocycles. The fourth-order valence-corrected chi connectivity index (χ4v) is 2.38. The number of carbonyl (C=O) groups excluding carboxylic acids is 1. The molecule has 5 nitrogen and oxygen atoms in total. The van der Waals surface area contributed by atoms with Gasteiger partial charge in [0, 0.05) is 10.6 Å². The van der Waals surface area contributed by atoms with Crippen LogP contribution >= 0.6 is 11.6 Å². The van der Waals surface area contributed by atoms with E-state index in [9.17, 15) is 4.79 Å². The maximum Gasteiger partial charge on any atom is 0.337 e. The zero-order valence-electron chi connectivity index (χ0n) is 14.5. The van der Waals surface area contributed by atoms with Crippen LogP contribution in [0.1, 0.15) is 15.9 Å². The van der Waals surface area contributed by atoms with E-state index < -0.39 is 5.97 Å². The molecular weight excluding hydrogens is 362 g/mol. The van der Waals surface area contributed by atoms with Crippen LogP contribution in [-0.2, 0) is 4.74 Å². The average Bonchev–Trinajstić information content (AvgIpc) is 2.73. The number of benzene rings is 3. The number of hydrogen-bond acceptors (Lipinski definition) is 4. The molecule has 3 aromatic rings. The minimum atomic E-state index is -0.392. The maximum atomic E-state index is 11.6. The predicted octanol–water partition coefficient (Wildman–Crippen LogP) is 5.99. The smallest absolute Gasteiger partial charge is 0.337 e. The lowest BCUT2D eigenvalue weighted by atomic mass is 10.2. The molecule has 0 aliphatic heterocycles. The van der Waals surface area contributed by atoms with Gasteiger partial charge >= 0.3 is 5.97 Å². The first-order chi connectivity index (χ1) is 13.2. The van der Waals surface area contributed by atoms with Crippen molar-refractivity contribution >= 4 is 34.8 Å². The second kappa shape index (κ2) is 8.87. The molecule has 0 amide bonds. The molecule has 6 heteroatoms. The van der Waals surface area contributed by atoms with E-state index in [0.717, 1.165) is 5.56 Å². The van der Waals surface area contributed by atoms with Gasteiger partial charge in [-0.05, 0) is 48.5 Å². The summed E-state index contributed by atoms with van der Waals surface area (Å²) in [4.78, 5) is 16.1. The highest BCUT2D eigenvalue weighted by atomic mass is 35.5. The molecule has 0 aliphatic carbocycles. The van der Waals surface area contributed by atoms with Gasteiger partial charge in [-0.2, -0.15) is 0 Å². The van der Waals surface area contributed by atoms with Crippen molar-refractivity contribution in [2.24, 2.45) is 15.2 Å². The molecule has 0 unspecified atom stereocenters. The summed E-state index contributed by atoms with van der Waals surface area (Å²) in [5.41, 5.74) is 2.60. The summed E-state index contributed by atoms with van der Waals surface area (Å²) in [6.07, 6.45) is 0. The number of halogens is 1. The van der Waals surface area contributed by atoms with E-state index in [-0.39, 0.29) is 0 Å². The van der Waals surface area contributed by atoms with E-state index in [0.29, 0.717) is 27.8 Å². The zero-order valence-corrected chi connectivity index (χ0v) is 15.3. The van der Waals surface area contributed by atoms with Gasteiger partial charge in [0.1, 0.15) is 0 Å². The molecule has 0 saturated carbocycles. The van der Waals surface area contributed by atoms with Crippen LogP contribution in [-0.4, -0.2) is 18.9 Å². The largest absolute Gasteiger partial charge is 0.465 e. The molecule has 134 valence electrons. The number of amidine groups is 1. The average molecular weight is 378 g/mol. The minimum absolute atomic E-state index is 0.392. The number of hydrogen-bond donors (Lipinski definition) is 0. The number of methoxy groups -OCH3 is 1. The molecule has 0 fully saturated rings. The summed E-state index contributed by atoms with van der Waals surface area (Å²) in [6.45, 7) is 0. The summed E-state index contributed by atoms with van der Waals surface area (Å²) in [5.74, 6) is 0.0626. The summed E-state index contributed by atoms with van der Waals surface area (Å²) in [6, 6.07) is 23.4. The van der Waals surface area contributed by atoms with E-state index in [4.69, 9.17) is 16.3 Å². The number of carbonyl (C=O) groups is 1. The van der Waals surface area contributed by atoms with Crippen molar-refractivity contribution in [1.29, 1.82) is 0 Å². The molecule has 0 aliphatic rings.